The predicted molar refractivity (Wildman–Crippen MR) is 118 cm³/mol. The Kier molecular flexibility index (Phi) is 7.47. The third kappa shape index (κ3) is 5.94. The molecule has 1 aromatic heterocycles. The highest BCUT2D eigenvalue weighted by Gasteiger charge is 2.21. The van der Waals surface area contributed by atoms with Gasteiger partial charge >= 0.3 is 6.03 Å². The zero-order chi connectivity index (χ0) is 20.6. The smallest absolute Gasteiger partial charge is 0.317 e. The molecule has 2 aromatic rings. The molecule has 1 aromatic carbocycles. The normalized spacial score (nSPS) is 14.7. The van der Waals surface area contributed by atoms with E-state index in [0.29, 0.717) is 6.54 Å². The standard InChI is InChI=1S/C23H33N5O/c1-4-27(5-2)22-10-9-21(16-24-22)17-25-23(29)28-13-11-26(12-14-28)18-20-8-6-7-19(3)15-20/h6-10,15-16H,4-5,11-14,17-18H2,1-3H3,(H,25,29). The number of hydrogen-bond acceptors (Lipinski definition) is 4. The average molecular weight is 396 g/mol. The summed E-state index contributed by atoms with van der Waals surface area (Å²) in [5.74, 6) is 0.981. The van der Waals surface area contributed by atoms with E-state index in [1.807, 2.05) is 23.2 Å². The highest BCUT2D eigenvalue weighted by molar-refractivity contribution is 5.74. The van der Waals surface area contributed by atoms with Crippen molar-refractivity contribution in [1.82, 2.24) is 20.1 Å². The second kappa shape index (κ2) is 10.3. The minimum Gasteiger partial charge on any atom is -0.357 e. The summed E-state index contributed by atoms with van der Waals surface area (Å²) in [6.45, 7) is 13.0. The number of carbonyl (C=O) groups is 1. The topological polar surface area (TPSA) is 51.7 Å². The molecule has 1 aliphatic heterocycles. The highest BCUT2D eigenvalue weighted by atomic mass is 16.2. The molecule has 29 heavy (non-hydrogen) atoms. The third-order valence-corrected chi connectivity index (χ3v) is 5.49. The number of hydrogen-bond donors (Lipinski definition) is 1. The van der Waals surface area contributed by atoms with Crippen LogP contribution in [0.5, 0.6) is 0 Å². The highest BCUT2D eigenvalue weighted by Crippen LogP contribution is 2.12. The molecule has 3 rings (SSSR count). The first-order chi connectivity index (χ1) is 14.1. The molecule has 1 fully saturated rings. The zero-order valence-electron chi connectivity index (χ0n) is 17.9. The van der Waals surface area contributed by atoms with Crippen LogP contribution in [0, 0.1) is 6.92 Å². The number of nitrogens with zero attached hydrogens (tertiary/aromatic N) is 4. The maximum atomic E-state index is 12.5. The molecule has 1 saturated heterocycles. The van der Waals surface area contributed by atoms with Crippen molar-refractivity contribution in [2.45, 2.75) is 33.9 Å². The van der Waals surface area contributed by atoms with Crippen molar-refractivity contribution in [3.63, 3.8) is 0 Å². The largest absolute Gasteiger partial charge is 0.357 e. The Morgan fingerprint density at radius 3 is 2.45 bits per heavy atom. The molecule has 2 amide bonds. The van der Waals surface area contributed by atoms with Gasteiger partial charge in [-0.1, -0.05) is 35.9 Å². The molecule has 156 valence electrons. The quantitative estimate of drug-likeness (QED) is 0.782. The molecular weight excluding hydrogens is 362 g/mol. The molecule has 1 N–H and O–H groups in total. The molecule has 2 heterocycles. The van der Waals surface area contributed by atoms with Gasteiger partial charge in [-0.3, -0.25) is 4.90 Å². The van der Waals surface area contributed by atoms with Crippen molar-refractivity contribution < 1.29 is 4.79 Å². The van der Waals surface area contributed by atoms with E-state index < -0.39 is 0 Å². The van der Waals surface area contributed by atoms with Gasteiger partial charge in [-0.05, 0) is 38.0 Å². The van der Waals surface area contributed by atoms with Crippen LogP contribution in [0.1, 0.15) is 30.5 Å². The summed E-state index contributed by atoms with van der Waals surface area (Å²) in [6, 6.07) is 12.7. The number of aryl methyl sites for hydroxylation is 1. The molecule has 0 radical (unpaired) electrons. The Morgan fingerprint density at radius 1 is 1.07 bits per heavy atom. The van der Waals surface area contributed by atoms with Gasteiger partial charge in [-0.25, -0.2) is 9.78 Å². The number of nitrogens with one attached hydrogen (secondary N) is 1. The van der Waals surface area contributed by atoms with Gasteiger partial charge in [-0.2, -0.15) is 0 Å². The number of rotatable bonds is 7. The SMILES string of the molecule is CCN(CC)c1ccc(CNC(=O)N2CCN(Cc3cccc(C)c3)CC2)cn1. The molecule has 0 bridgehead atoms. The summed E-state index contributed by atoms with van der Waals surface area (Å²) in [4.78, 5) is 23.6. The number of pyridine rings is 1. The fourth-order valence-electron chi connectivity index (χ4n) is 3.72. The summed E-state index contributed by atoms with van der Waals surface area (Å²) in [5.41, 5.74) is 3.65. The first-order valence-corrected chi connectivity index (χ1v) is 10.6. The molecular formula is C23H33N5O. The lowest BCUT2D eigenvalue weighted by Crippen LogP contribution is -2.51. The zero-order valence-corrected chi connectivity index (χ0v) is 17.9. The average Bonchev–Trinajstić information content (AvgIpc) is 2.74. The Bertz CT molecular complexity index is 780. The number of aromatic nitrogens is 1. The first kappa shape index (κ1) is 21.1. The number of carbonyl (C=O) groups excluding carboxylic acids is 1. The van der Waals surface area contributed by atoms with Gasteiger partial charge in [0.15, 0.2) is 0 Å². The molecule has 6 heteroatoms. The summed E-state index contributed by atoms with van der Waals surface area (Å²) in [5, 5.41) is 3.03. The maximum absolute atomic E-state index is 12.5. The van der Waals surface area contributed by atoms with Crippen molar-refractivity contribution in [3.05, 3.63) is 59.3 Å². The summed E-state index contributed by atoms with van der Waals surface area (Å²) in [6.07, 6.45) is 1.85. The van der Waals surface area contributed by atoms with Crippen LogP contribution in [0.4, 0.5) is 10.6 Å². The van der Waals surface area contributed by atoms with E-state index in [4.69, 9.17) is 0 Å². The molecule has 0 saturated carbocycles. The lowest BCUT2D eigenvalue weighted by molar-refractivity contribution is 0.135. The Hall–Kier alpha value is -2.60. The summed E-state index contributed by atoms with van der Waals surface area (Å²) < 4.78 is 0. The van der Waals surface area contributed by atoms with Gasteiger partial charge in [0.1, 0.15) is 5.82 Å². The van der Waals surface area contributed by atoms with Crippen LogP contribution in [0.3, 0.4) is 0 Å². The van der Waals surface area contributed by atoms with E-state index in [1.165, 1.54) is 11.1 Å². The fourth-order valence-corrected chi connectivity index (χ4v) is 3.72. The van der Waals surface area contributed by atoms with Gasteiger partial charge in [0.25, 0.3) is 0 Å². The molecule has 0 atom stereocenters. The third-order valence-electron chi connectivity index (χ3n) is 5.49. The van der Waals surface area contributed by atoms with Crippen LogP contribution in [-0.2, 0) is 13.1 Å². The van der Waals surface area contributed by atoms with Gasteiger partial charge in [0.05, 0.1) is 0 Å². The lowest BCUT2D eigenvalue weighted by Gasteiger charge is -2.34. The van der Waals surface area contributed by atoms with E-state index in [9.17, 15) is 4.79 Å². The number of benzene rings is 1. The van der Waals surface area contributed by atoms with Crippen LogP contribution in [0.15, 0.2) is 42.6 Å². The minimum atomic E-state index is 0.00743. The van der Waals surface area contributed by atoms with E-state index in [-0.39, 0.29) is 6.03 Å². The predicted octanol–water partition coefficient (Wildman–Crippen LogP) is 3.26. The summed E-state index contributed by atoms with van der Waals surface area (Å²) in [7, 11) is 0. The molecule has 1 aliphatic rings. The van der Waals surface area contributed by atoms with Gasteiger partial charge in [-0.15, -0.1) is 0 Å². The molecule has 0 spiro atoms. The van der Waals surface area contributed by atoms with Crippen molar-refractivity contribution in [2.75, 3.05) is 44.2 Å². The molecule has 6 nitrogen and oxygen atoms in total. The van der Waals surface area contributed by atoms with Crippen LogP contribution < -0.4 is 10.2 Å². The fraction of sp³-hybridized carbons (Fsp3) is 0.478. The van der Waals surface area contributed by atoms with Crippen molar-refractivity contribution in [3.8, 4) is 0 Å². The molecule has 0 unspecified atom stereocenters. The van der Waals surface area contributed by atoms with Crippen molar-refractivity contribution in [2.24, 2.45) is 0 Å². The van der Waals surface area contributed by atoms with Crippen LogP contribution >= 0.6 is 0 Å². The maximum Gasteiger partial charge on any atom is 0.317 e. The van der Waals surface area contributed by atoms with E-state index in [2.05, 4.69) is 65.1 Å². The monoisotopic (exact) mass is 395 g/mol. The van der Waals surface area contributed by atoms with Crippen LogP contribution in [0.2, 0.25) is 0 Å². The van der Waals surface area contributed by atoms with Crippen molar-refractivity contribution >= 4 is 11.8 Å². The second-order valence-corrected chi connectivity index (χ2v) is 7.61. The summed E-state index contributed by atoms with van der Waals surface area (Å²) >= 11 is 0. The van der Waals surface area contributed by atoms with Crippen LogP contribution in [0.25, 0.3) is 0 Å². The van der Waals surface area contributed by atoms with Gasteiger partial charge in [0, 0.05) is 58.6 Å². The van der Waals surface area contributed by atoms with Gasteiger partial charge in [0.2, 0.25) is 0 Å². The number of piperazine rings is 1. The minimum absolute atomic E-state index is 0.00743. The Labute approximate surface area is 174 Å². The second-order valence-electron chi connectivity index (χ2n) is 7.61. The first-order valence-electron chi connectivity index (χ1n) is 10.6. The number of amides is 2. The number of anilines is 1. The van der Waals surface area contributed by atoms with E-state index in [0.717, 1.165) is 57.2 Å². The Morgan fingerprint density at radius 2 is 1.83 bits per heavy atom. The van der Waals surface area contributed by atoms with Crippen LogP contribution in [-0.4, -0.2) is 60.1 Å². The molecule has 0 aliphatic carbocycles. The van der Waals surface area contributed by atoms with E-state index >= 15 is 0 Å². The van der Waals surface area contributed by atoms with Crippen molar-refractivity contribution in [1.29, 1.82) is 0 Å². The van der Waals surface area contributed by atoms with E-state index in [1.54, 1.807) is 0 Å². The Balaban J connectivity index is 1.43. The number of urea groups is 1. The lowest BCUT2D eigenvalue weighted by atomic mass is 10.1. The van der Waals surface area contributed by atoms with Gasteiger partial charge < -0.3 is 15.1 Å².